The number of aldehydes is 1. The Morgan fingerprint density at radius 1 is 1.11 bits per heavy atom. The summed E-state index contributed by atoms with van der Waals surface area (Å²) in [6.07, 6.45) is 5.80. The van der Waals surface area contributed by atoms with Crippen LogP contribution in [0.15, 0.2) is 47.5 Å². The van der Waals surface area contributed by atoms with Gasteiger partial charge in [-0.05, 0) is 54.9 Å². The number of carbonyl (C=O) groups is 1. The number of benzene rings is 2. The van der Waals surface area contributed by atoms with Gasteiger partial charge in [-0.25, -0.2) is 13.8 Å². The number of anilines is 2. The molecule has 0 aliphatic heterocycles. The van der Waals surface area contributed by atoms with Crippen LogP contribution in [0.25, 0.3) is 17.0 Å². The second-order valence-electron chi connectivity index (χ2n) is 5.66. The van der Waals surface area contributed by atoms with Gasteiger partial charge in [0.15, 0.2) is 6.29 Å². The summed E-state index contributed by atoms with van der Waals surface area (Å²) in [6.45, 7) is 0. The van der Waals surface area contributed by atoms with E-state index in [2.05, 4.69) is 15.6 Å². The molecule has 1 aromatic heterocycles. The summed E-state index contributed by atoms with van der Waals surface area (Å²) in [5.74, 6) is -0.597. The van der Waals surface area contributed by atoms with Crippen molar-refractivity contribution < 1.29 is 13.6 Å². The van der Waals surface area contributed by atoms with Gasteiger partial charge in [0.1, 0.15) is 17.5 Å². The minimum absolute atomic E-state index is 0.242. The van der Waals surface area contributed by atoms with E-state index in [1.165, 1.54) is 36.0 Å². The number of nitrogens with one attached hydrogen (secondary N) is 2. The zero-order valence-corrected chi connectivity index (χ0v) is 15.5. The number of rotatable bonds is 6. The van der Waals surface area contributed by atoms with Crippen LogP contribution in [0.5, 0.6) is 0 Å². The average molecular weight is 385 g/mol. The fourth-order valence-corrected chi connectivity index (χ4v) is 3.13. The molecule has 0 saturated carbocycles. The van der Waals surface area contributed by atoms with Crippen molar-refractivity contribution in [1.29, 1.82) is 0 Å². The van der Waals surface area contributed by atoms with Gasteiger partial charge in [-0.1, -0.05) is 0 Å². The zero-order chi connectivity index (χ0) is 19.4. The molecule has 0 spiro atoms. The molecule has 0 amide bonds. The lowest BCUT2D eigenvalue weighted by atomic mass is 10.0. The molecule has 4 nitrogen and oxygen atoms in total. The van der Waals surface area contributed by atoms with E-state index < -0.39 is 11.6 Å². The second kappa shape index (κ2) is 8.18. The lowest BCUT2D eigenvalue weighted by Crippen LogP contribution is -2.04. The van der Waals surface area contributed by atoms with Crippen LogP contribution >= 0.6 is 11.8 Å². The number of hydrogen-bond acceptors (Lipinski definition) is 5. The highest BCUT2D eigenvalue weighted by atomic mass is 32.2. The van der Waals surface area contributed by atoms with Crippen molar-refractivity contribution in [2.45, 2.75) is 4.90 Å². The summed E-state index contributed by atoms with van der Waals surface area (Å²) >= 11 is 1.48. The molecule has 0 bridgehead atoms. The molecule has 3 aromatic rings. The number of thioether (sulfide) groups is 1. The molecule has 0 radical (unpaired) electrons. The van der Waals surface area contributed by atoms with Crippen molar-refractivity contribution in [3.8, 4) is 0 Å². The number of pyridine rings is 1. The van der Waals surface area contributed by atoms with E-state index in [4.69, 9.17) is 0 Å². The summed E-state index contributed by atoms with van der Waals surface area (Å²) in [7, 11) is 1.71. The van der Waals surface area contributed by atoms with Gasteiger partial charge in [0.25, 0.3) is 0 Å². The number of aromatic nitrogens is 1. The molecule has 138 valence electrons. The molecule has 7 heteroatoms. The highest BCUT2D eigenvalue weighted by Gasteiger charge is 2.15. The maximum absolute atomic E-state index is 14.3. The summed E-state index contributed by atoms with van der Waals surface area (Å²) in [5.41, 5.74) is 1.39. The van der Waals surface area contributed by atoms with Crippen molar-refractivity contribution >= 4 is 46.5 Å². The first kappa shape index (κ1) is 18.8. The normalized spacial score (nSPS) is 11.1. The first-order chi connectivity index (χ1) is 13.1. The van der Waals surface area contributed by atoms with Crippen LogP contribution < -0.4 is 10.6 Å². The minimum Gasteiger partial charge on any atom is -0.394 e. The van der Waals surface area contributed by atoms with Crippen molar-refractivity contribution in [1.82, 2.24) is 10.3 Å². The number of hydrogen-bond donors (Lipinski definition) is 2. The molecular weight excluding hydrogens is 368 g/mol. The Kier molecular flexibility index (Phi) is 5.71. The monoisotopic (exact) mass is 385 g/mol. The second-order valence-corrected chi connectivity index (χ2v) is 6.54. The summed E-state index contributed by atoms with van der Waals surface area (Å²) in [6, 6.07) is 8.74. The average Bonchev–Trinajstić information content (AvgIpc) is 2.67. The van der Waals surface area contributed by atoms with Crippen molar-refractivity contribution in [2.75, 3.05) is 18.6 Å². The SMILES string of the molecule is CN/C=C\c1c(Nc2cc(SC)ccc2F)nc2ccc(F)cc2c1C=O. The van der Waals surface area contributed by atoms with E-state index in [1.54, 1.807) is 31.5 Å². The molecule has 0 aliphatic carbocycles. The Balaban J connectivity index is 2.23. The lowest BCUT2D eigenvalue weighted by Gasteiger charge is -2.14. The van der Waals surface area contributed by atoms with Crippen LogP contribution in [0.1, 0.15) is 15.9 Å². The molecule has 2 N–H and O–H groups in total. The quantitative estimate of drug-likeness (QED) is 0.463. The predicted octanol–water partition coefficient (Wildman–Crippen LogP) is 4.98. The third-order valence-electron chi connectivity index (χ3n) is 3.99. The molecule has 2 aromatic carbocycles. The number of fused-ring (bicyclic) bond motifs is 1. The van der Waals surface area contributed by atoms with E-state index in [0.717, 1.165) is 4.90 Å². The fourth-order valence-electron chi connectivity index (χ4n) is 2.69. The number of carbonyl (C=O) groups excluding carboxylic acids is 1. The van der Waals surface area contributed by atoms with Crippen LogP contribution in [0.3, 0.4) is 0 Å². The van der Waals surface area contributed by atoms with Crippen LogP contribution in [0.2, 0.25) is 0 Å². The van der Waals surface area contributed by atoms with Gasteiger partial charge in [-0.15, -0.1) is 11.8 Å². The Hall–Kier alpha value is -2.93. The molecule has 0 saturated heterocycles. The minimum atomic E-state index is -0.463. The summed E-state index contributed by atoms with van der Waals surface area (Å²) in [4.78, 5) is 17.1. The maximum Gasteiger partial charge on any atom is 0.151 e. The highest BCUT2D eigenvalue weighted by Crippen LogP contribution is 2.31. The molecule has 0 unspecified atom stereocenters. The van der Waals surface area contributed by atoms with Gasteiger partial charge in [0.2, 0.25) is 0 Å². The molecule has 0 atom stereocenters. The first-order valence-corrected chi connectivity index (χ1v) is 9.32. The fraction of sp³-hybridized carbons (Fsp3) is 0.100. The van der Waals surface area contributed by atoms with E-state index in [-0.39, 0.29) is 11.3 Å². The topological polar surface area (TPSA) is 54.0 Å². The Labute approximate surface area is 159 Å². The van der Waals surface area contributed by atoms with Crippen molar-refractivity contribution in [2.24, 2.45) is 0 Å². The van der Waals surface area contributed by atoms with E-state index in [0.29, 0.717) is 28.6 Å². The zero-order valence-electron chi connectivity index (χ0n) is 14.7. The van der Waals surface area contributed by atoms with Crippen LogP contribution in [0.4, 0.5) is 20.3 Å². The standard InChI is InChI=1S/C20H17F2N3OS/c1-23-8-7-14-16(11-26)15-9-12(21)3-6-18(15)24-20(14)25-19-10-13(27-2)4-5-17(19)22/h3-11,23H,1-2H3,(H,24,25)/b8-7-. The molecule has 0 fully saturated rings. The van der Waals surface area contributed by atoms with E-state index in [1.807, 2.05) is 6.26 Å². The molecule has 0 aliphatic rings. The Morgan fingerprint density at radius 3 is 2.63 bits per heavy atom. The first-order valence-electron chi connectivity index (χ1n) is 8.10. The number of nitrogens with zero attached hydrogens (tertiary/aromatic N) is 1. The van der Waals surface area contributed by atoms with Gasteiger partial charge in [0, 0.05) is 28.5 Å². The number of halogens is 2. The largest absolute Gasteiger partial charge is 0.394 e. The van der Waals surface area contributed by atoms with Gasteiger partial charge >= 0.3 is 0 Å². The maximum atomic E-state index is 14.3. The predicted molar refractivity (Wildman–Crippen MR) is 107 cm³/mol. The molecule has 27 heavy (non-hydrogen) atoms. The third-order valence-corrected chi connectivity index (χ3v) is 4.71. The van der Waals surface area contributed by atoms with E-state index in [9.17, 15) is 13.6 Å². The summed E-state index contributed by atoms with van der Waals surface area (Å²) < 4.78 is 28.0. The van der Waals surface area contributed by atoms with Crippen molar-refractivity contribution in [3.05, 3.63) is 65.4 Å². The third kappa shape index (κ3) is 3.93. The van der Waals surface area contributed by atoms with Crippen LogP contribution in [0, 0.1) is 11.6 Å². The van der Waals surface area contributed by atoms with Gasteiger partial charge in [-0.3, -0.25) is 4.79 Å². The Morgan fingerprint density at radius 2 is 1.93 bits per heavy atom. The smallest absolute Gasteiger partial charge is 0.151 e. The van der Waals surface area contributed by atoms with Crippen LogP contribution in [-0.4, -0.2) is 24.6 Å². The van der Waals surface area contributed by atoms with Crippen molar-refractivity contribution in [3.63, 3.8) is 0 Å². The lowest BCUT2D eigenvalue weighted by molar-refractivity contribution is 0.112. The van der Waals surface area contributed by atoms with E-state index >= 15 is 0 Å². The molecule has 1 heterocycles. The Bertz CT molecular complexity index is 1040. The van der Waals surface area contributed by atoms with Crippen LogP contribution in [-0.2, 0) is 0 Å². The molecular formula is C20H17F2N3OS. The van der Waals surface area contributed by atoms with Gasteiger partial charge in [0.05, 0.1) is 11.2 Å². The summed E-state index contributed by atoms with van der Waals surface area (Å²) in [5, 5.41) is 6.21. The highest BCUT2D eigenvalue weighted by molar-refractivity contribution is 7.98. The van der Waals surface area contributed by atoms with Gasteiger partial charge < -0.3 is 10.6 Å². The van der Waals surface area contributed by atoms with Gasteiger partial charge in [-0.2, -0.15) is 0 Å². The molecule has 3 rings (SSSR count).